The molecule has 1 aliphatic carbocycles. The highest BCUT2D eigenvalue weighted by atomic mass is 16.6. The number of nitrogens with zero attached hydrogens (tertiary/aromatic N) is 3. The van der Waals surface area contributed by atoms with Crippen molar-refractivity contribution in [3.05, 3.63) is 39.4 Å². The predicted molar refractivity (Wildman–Crippen MR) is 76.7 cm³/mol. The Morgan fingerprint density at radius 2 is 1.87 bits per heavy atom. The van der Waals surface area contributed by atoms with Crippen molar-refractivity contribution in [3.63, 3.8) is 0 Å². The molecular weight excluding hydrogens is 302 g/mol. The van der Waals surface area contributed by atoms with Crippen LogP contribution in [0.3, 0.4) is 0 Å². The van der Waals surface area contributed by atoms with Crippen molar-refractivity contribution < 1.29 is 19.3 Å². The molecule has 1 aromatic rings. The molecule has 0 radical (unpaired) electrons. The number of imide groups is 1. The molecule has 3 amide bonds. The minimum Gasteiger partial charge on any atom is -0.338 e. The first-order valence-corrected chi connectivity index (χ1v) is 7.43. The van der Waals surface area contributed by atoms with E-state index in [0.29, 0.717) is 13.1 Å². The number of fused-ring (bicyclic) bond motifs is 1. The third-order valence-corrected chi connectivity index (χ3v) is 4.59. The van der Waals surface area contributed by atoms with Crippen LogP contribution < -0.4 is 0 Å². The van der Waals surface area contributed by atoms with Crippen LogP contribution in [0.1, 0.15) is 33.6 Å². The SMILES string of the molecule is O=C(C1CC1)N1CC(N2C(=O)c3cccc([N+](=O)[O-])c3C2=O)C1. The number of nitro groups is 1. The van der Waals surface area contributed by atoms with Crippen LogP contribution in [0.25, 0.3) is 0 Å². The van der Waals surface area contributed by atoms with Crippen molar-refractivity contribution in [3.8, 4) is 0 Å². The van der Waals surface area contributed by atoms with Crippen molar-refractivity contribution >= 4 is 23.4 Å². The van der Waals surface area contributed by atoms with E-state index in [0.717, 1.165) is 17.7 Å². The molecule has 2 fully saturated rings. The van der Waals surface area contributed by atoms with E-state index < -0.39 is 22.8 Å². The maximum atomic E-state index is 12.5. The van der Waals surface area contributed by atoms with Gasteiger partial charge in [0.1, 0.15) is 5.56 Å². The van der Waals surface area contributed by atoms with Gasteiger partial charge in [-0.2, -0.15) is 0 Å². The fourth-order valence-corrected chi connectivity index (χ4v) is 3.16. The number of amides is 3. The molecule has 8 nitrogen and oxygen atoms in total. The van der Waals surface area contributed by atoms with Crippen LogP contribution in [0, 0.1) is 16.0 Å². The van der Waals surface area contributed by atoms with Crippen LogP contribution in [-0.4, -0.2) is 51.6 Å². The van der Waals surface area contributed by atoms with Gasteiger partial charge in [-0.15, -0.1) is 0 Å². The van der Waals surface area contributed by atoms with E-state index in [4.69, 9.17) is 0 Å². The van der Waals surface area contributed by atoms with Crippen molar-refractivity contribution in [1.82, 2.24) is 9.80 Å². The van der Waals surface area contributed by atoms with Crippen molar-refractivity contribution in [1.29, 1.82) is 0 Å². The summed E-state index contributed by atoms with van der Waals surface area (Å²) in [5, 5.41) is 11.1. The maximum Gasteiger partial charge on any atom is 0.282 e. The fraction of sp³-hybridized carbons (Fsp3) is 0.400. The highest BCUT2D eigenvalue weighted by Crippen LogP contribution is 2.36. The molecule has 8 heteroatoms. The first-order valence-electron chi connectivity index (χ1n) is 7.43. The van der Waals surface area contributed by atoms with Crippen LogP contribution >= 0.6 is 0 Å². The Morgan fingerprint density at radius 1 is 1.17 bits per heavy atom. The minimum atomic E-state index is -0.656. The Balaban J connectivity index is 1.57. The van der Waals surface area contributed by atoms with E-state index in [1.165, 1.54) is 18.2 Å². The number of rotatable bonds is 3. The van der Waals surface area contributed by atoms with Crippen LogP contribution in [0.15, 0.2) is 18.2 Å². The first-order chi connectivity index (χ1) is 11.0. The van der Waals surface area contributed by atoms with Gasteiger partial charge in [-0.05, 0) is 18.9 Å². The Kier molecular flexibility index (Phi) is 2.78. The summed E-state index contributed by atoms with van der Waals surface area (Å²) in [4.78, 5) is 49.9. The Hall–Kier alpha value is -2.77. The standard InChI is InChI=1S/C15H13N3O5/c19-13(8-4-5-8)16-6-9(7-16)17-14(20)10-2-1-3-11(18(22)23)12(10)15(17)21/h1-3,8-9H,4-7H2. The quantitative estimate of drug-likeness (QED) is 0.467. The van der Waals surface area contributed by atoms with Crippen molar-refractivity contribution in [2.24, 2.45) is 5.92 Å². The Morgan fingerprint density at radius 3 is 2.48 bits per heavy atom. The lowest BCUT2D eigenvalue weighted by Gasteiger charge is -2.43. The van der Waals surface area contributed by atoms with E-state index in [1.807, 2.05) is 0 Å². The molecule has 0 atom stereocenters. The molecule has 1 aromatic carbocycles. The van der Waals surface area contributed by atoms with Gasteiger partial charge in [0.2, 0.25) is 5.91 Å². The van der Waals surface area contributed by atoms with Gasteiger partial charge in [0.05, 0.1) is 16.5 Å². The summed E-state index contributed by atoms with van der Waals surface area (Å²) in [6, 6.07) is 3.64. The molecule has 0 spiro atoms. The lowest BCUT2D eigenvalue weighted by molar-refractivity contribution is -0.385. The topological polar surface area (TPSA) is 101 Å². The highest BCUT2D eigenvalue weighted by molar-refractivity contribution is 6.23. The molecule has 0 unspecified atom stereocenters. The molecule has 0 bridgehead atoms. The average molecular weight is 315 g/mol. The maximum absolute atomic E-state index is 12.5. The highest BCUT2D eigenvalue weighted by Gasteiger charge is 2.49. The normalized spacial score (nSPS) is 20.5. The zero-order valence-corrected chi connectivity index (χ0v) is 12.1. The number of benzene rings is 1. The van der Waals surface area contributed by atoms with Gasteiger partial charge in [0, 0.05) is 25.1 Å². The van der Waals surface area contributed by atoms with Gasteiger partial charge in [-0.1, -0.05) is 6.07 Å². The van der Waals surface area contributed by atoms with Gasteiger partial charge < -0.3 is 4.90 Å². The number of likely N-dealkylation sites (tertiary alicyclic amines) is 1. The molecule has 1 saturated carbocycles. The second-order valence-electron chi connectivity index (χ2n) is 6.11. The molecule has 23 heavy (non-hydrogen) atoms. The number of hydrogen-bond donors (Lipinski definition) is 0. The molecular formula is C15H13N3O5. The summed E-state index contributed by atoms with van der Waals surface area (Å²) in [6.45, 7) is 0.628. The summed E-state index contributed by atoms with van der Waals surface area (Å²) < 4.78 is 0. The van der Waals surface area contributed by atoms with Gasteiger partial charge in [0.25, 0.3) is 17.5 Å². The lowest BCUT2D eigenvalue weighted by Crippen LogP contribution is -2.62. The summed E-state index contributed by atoms with van der Waals surface area (Å²) in [5.74, 6) is -0.985. The van der Waals surface area contributed by atoms with Crippen LogP contribution in [-0.2, 0) is 4.79 Å². The summed E-state index contributed by atoms with van der Waals surface area (Å²) in [6.07, 6.45) is 1.80. The lowest BCUT2D eigenvalue weighted by atomic mass is 10.1. The molecule has 2 aliphatic heterocycles. The van der Waals surface area contributed by atoms with Crippen LogP contribution in [0.5, 0.6) is 0 Å². The van der Waals surface area contributed by atoms with Crippen molar-refractivity contribution in [2.45, 2.75) is 18.9 Å². The molecule has 3 aliphatic rings. The van der Waals surface area contributed by atoms with Gasteiger partial charge in [-0.25, -0.2) is 0 Å². The Bertz CT molecular complexity index is 764. The predicted octanol–water partition coefficient (Wildman–Crippen LogP) is 0.812. The van der Waals surface area contributed by atoms with E-state index in [1.54, 1.807) is 4.90 Å². The number of nitro benzene ring substituents is 1. The third-order valence-electron chi connectivity index (χ3n) is 4.59. The number of carbonyl (C=O) groups excluding carboxylic acids is 3. The zero-order chi connectivity index (χ0) is 16.3. The van der Waals surface area contributed by atoms with Gasteiger partial charge in [-0.3, -0.25) is 29.4 Å². The minimum absolute atomic E-state index is 0.0659. The van der Waals surface area contributed by atoms with E-state index >= 15 is 0 Å². The Labute approximate surface area is 130 Å². The summed E-state index contributed by atoms with van der Waals surface area (Å²) in [5.41, 5.74) is -0.431. The number of carbonyl (C=O) groups is 3. The van der Waals surface area contributed by atoms with Crippen molar-refractivity contribution in [2.75, 3.05) is 13.1 Å². The summed E-state index contributed by atoms with van der Waals surface area (Å²) in [7, 11) is 0. The van der Waals surface area contributed by atoms with Crippen LogP contribution in [0.2, 0.25) is 0 Å². The zero-order valence-electron chi connectivity index (χ0n) is 12.1. The average Bonchev–Trinajstić information content (AvgIpc) is 3.29. The van der Waals surface area contributed by atoms with Gasteiger partial charge >= 0.3 is 0 Å². The summed E-state index contributed by atoms with van der Waals surface area (Å²) >= 11 is 0. The van der Waals surface area contributed by atoms with E-state index in [2.05, 4.69) is 0 Å². The molecule has 2 heterocycles. The van der Waals surface area contributed by atoms with Crippen LogP contribution in [0.4, 0.5) is 5.69 Å². The monoisotopic (exact) mass is 315 g/mol. The first kappa shape index (κ1) is 13.9. The smallest absolute Gasteiger partial charge is 0.282 e. The molecule has 118 valence electrons. The molecule has 0 aromatic heterocycles. The van der Waals surface area contributed by atoms with E-state index in [-0.39, 0.29) is 28.6 Å². The van der Waals surface area contributed by atoms with E-state index in [9.17, 15) is 24.5 Å². The molecule has 4 rings (SSSR count). The third kappa shape index (κ3) is 1.94. The second-order valence-corrected chi connectivity index (χ2v) is 6.11. The second kappa shape index (κ2) is 4.61. The number of hydrogen-bond acceptors (Lipinski definition) is 5. The van der Waals surface area contributed by atoms with Gasteiger partial charge in [0.15, 0.2) is 0 Å². The molecule has 0 N–H and O–H groups in total. The molecule has 1 saturated heterocycles. The fourth-order valence-electron chi connectivity index (χ4n) is 3.16. The largest absolute Gasteiger partial charge is 0.338 e.